The van der Waals surface area contributed by atoms with Crippen molar-refractivity contribution >= 4 is 5.91 Å². The van der Waals surface area contributed by atoms with Gasteiger partial charge in [-0.3, -0.25) is 9.48 Å². The molecule has 6 heteroatoms. The van der Waals surface area contributed by atoms with Gasteiger partial charge in [0, 0.05) is 18.3 Å². The van der Waals surface area contributed by atoms with Crippen LogP contribution in [0.3, 0.4) is 0 Å². The topological polar surface area (TPSA) is 65.4 Å². The highest BCUT2D eigenvalue weighted by Crippen LogP contribution is 2.34. The number of carbonyl (C=O) groups is 1. The van der Waals surface area contributed by atoms with Crippen LogP contribution in [-0.2, 0) is 23.8 Å². The molecule has 1 amide bonds. The monoisotopic (exact) mass is 343 g/mol. The fourth-order valence-corrected chi connectivity index (χ4v) is 3.13. The minimum atomic E-state index is -0.517. The average molecular weight is 343 g/mol. The van der Waals surface area contributed by atoms with E-state index in [1.165, 1.54) is 0 Å². The maximum absolute atomic E-state index is 12.6. The van der Waals surface area contributed by atoms with Gasteiger partial charge in [-0.2, -0.15) is 5.10 Å². The van der Waals surface area contributed by atoms with Crippen LogP contribution in [0.4, 0.5) is 0 Å². The molecule has 25 heavy (non-hydrogen) atoms. The first-order valence-electron chi connectivity index (χ1n) is 8.48. The molecule has 6 nitrogen and oxygen atoms in total. The van der Waals surface area contributed by atoms with Crippen LogP contribution in [-0.4, -0.2) is 28.9 Å². The zero-order valence-electron chi connectivity index (χ0n) is 15.5. The molecule has 0 saturated heterocycles. The smallest absolute Gasteiger partial charge is 0.225 e. The van der Waals surface area contributed by atoms with Crippen molar-refractivity contribution in [3.63, 3.8) is 0 Å². The lowest BCUT2D eigenvalue weighted by Gasteiger charge is -2.29. The van der Waals surface area contributed by atoms with Crippen LogP contribution >= 0.6 is 0 Å². The van der Waals surface area contributed by atoms with Crippen molar-refractivity contribution in [2.24, 2.45) is 7.05 Å². The summed E-state index contributed by atoms with van der Waals surface area (Å²) in [5, 5.41) is 7.49. The van der Waals surface area contributed by atoms with E-state index in [1.54, 1.807) is 0 Å². The summed E-state index contributed by atoms with van der Waals surface area (Å²) in [4.78, 5) is 12.6. The number of nitrogens with zero attached hydrogens (tertiary/aromatic N) is 2. The highest BCUT2D eigenvalue weighted by atomic mass is 16.6. The lowest BCUT2D eigenvalue weighted by molar-refractivity contribution is -0.122. The number of aryl methyl sites for hydroxylation is 2. The third kappa shape index (κ3) is 3.48. The van der Waals surface area contributed by atoms with E-state index in [1.807, 2.05) is 57.6 Å². The normalized spacial score (nSPS) is 13.6. The van der Waals surface area contributed by atoms with E-state index >= 15 is 0 Å². The molecule has 1 N–H and O–H groups in total. The number of aromatic nitrogens is 2. The Kier molecular flexibility index (Phi) is 4.45. The summed E-state index contributed by atoms with van der Waals surface area (Å²) in [5.41, 5.74) is 3.36. The van der Waals surface area contributed by atoms with Crippen molar-refractivity contribution in [3.8, 4) is 11.5 Å². The van der Waals surface area contributed by atoms with E-state index in [4.69, 9.17) is 9.47 Å². The van der Waals surface area contributed by atoms with Gasteiger partial charge in [0.05, 0.1) is 17.7 Å². The first-order chi connectivity index (χ1) is 11.8. The van der Waals surface area contributed by atoms with Crippen molar-refractivity contribution < 1.29 is 14.3 Å². The predicted octanol–water partition coefficient (Wildman–Crippen LogP) is 2.40. The Morgan fingerprint density at radius 1 is 1.24 bits per heavy atom. The molecule has 134 valence electrons. The summed E-state index contributed by atoms with van der Waals surface area (Å²) in [6, 6.07) is 5.80. The maximum atomic E-state index is 12.6. The number of nitrogens with one attached hydrogen (secondary N) is 1. The molecule has 2 aromatic rings. The van der Waals surface area contributed by atoms with Crippen LogP contribution < -0.4 is 14.8 Å². The van der Waals surface area contributed by atoms with Crippen molar-refractivity contribution in [1.82, 2.24) is 15.1 Å². The minimum Gasteiger partial charge on any atom is -0.486 e. The van der Waals surface area contributed by atoms with Gasteiger partial charge in [-0.25, -0.2) is 0 Å². The Bertz CT molecular complexity index is 808. The molecule has 2 heterocycles. The lowest BCUT2D eigenvalue weighted by Crippen LogP contribution is -2.42. The molecule has 0 atom stereocenters. The molecular weight excluding hydrogens is 318 g/mol. The molecule has 1 aromatic heterocycles. The van der Waals surface area contributed by atoms with E-state index in [2.05, 4.69) is 10.4 Å². The number of benzene rings is 1. The molecule has 0 spiro atoms. The minimum absolute atomic E-state index is 0.0286. The fourth-order valence-electron chi connectivity index (χ4n) is 3.13. The molecular formula is C19H25N3O3. The van der Waals surface area contributed by atoms with Crippen molar-refractivity contribution in [3.05, 3.63) is 40.7 Å². The zero-order valence-corrected chi connectivity index (χ0v) is 15.5. The molecule has 1 aromatic carbocycles. The molecule has 1 aliphatic heterocycles. The van der Waals surface area contributed by atoms with Gasteiger partial charge in [0.25, 0.3) is 0 Å². The van der Waals surface area contributed by atoms with Crippen LogP contribution in [0.1, 0.15) is 36.4 Å². The van der Waals surface area contributed by atoms with Gasteiger partial charge in [-0.1, -0.05) is 6.07 Å². The van der Waals surface area contributed by atoms with Gasteiger partial charge < -0.3 is 14.8 Å². The Balaban J connectivity index is 1.75. The van der Waals surface area contributed by atoms with Gasteiger partial charge in [0.15, 0.2) is 11.5 Å². The number of rotatable bonds is 4. The van der Waals surface area contributed by atoms with E-state index in [0.29, 0.717) is 19.6 Å². The molecule has 1 aliphatic rings. The first kappa shape index (κ1) is 17.3. The van der Waals surface area contributed by atoms with Gasteiger partial charge in [0.2, 0.25) is 5.91 Å². The second kappa shape index (κ2) is 6.43. The quantitative estimate of drug-likeness (QED) is 0.926. The number of hydrogen-bond acceptors (Lipinski definition) is 4. The van der Waals surface area contributed by atoms with Gasteiger partial charge in [-0.05, 0) is 45.4 Å². The van der Waals surface area contributed by atoms with Crippen molar-refractivity contribution in [1.29, 1.82) is 0 Å². The maximum Gasteiger partial charge on any atom is 0.225 e. The summed E-state index contributed by atoms with van der Waals surface area (Å²) in [7, 11) is 1.89. The average Bonchev–Trinajstić information content (AvgIpc) is 2.80. The number of ether oxygens (including phenoxy) is 2. The highest BCUT2D eigenvalue weighted by molar-refractivity contribution is 5.80. The molecule has 3 rings (SSSR count). The lowest BCUT2D eigenvalue weighted by atomic mass is 9.93. The Morgan fingerprint density at radius 3 is 2.56 bits per heavy atom. The number of fused-ring (bicyclic) bond motifs is 1. The van der Waals surface area contributed by atoms with Crippen LogP contribution in [0, 0.1) is 13.8 Å². The predicted molar refractivity (Wildman–Crippen MR) is 95.0 cm³/mol. The summed E-state index contributed by atoms with van der Waals surface area (Å²) in [6.07, 6.45) is 0.319. The van der Waals surface area contributed by atoms with Crippen LogP contribution in [0.2, 0.25) is 0 Å². The number of carbonyl (C=O) groups excluding carboxylic acids is 1. The highest BCUT2D eigenvalue weighted by Gasteiger charge is 2.26. The standard InChI is InChI=1S/C19H25N3O3/c1-12-15(13(2)22(5)21-12)11-18(23)20-19(3,4)14-6-7-16-17(10-14)25-9-8-24-16/h6-7,10H,8-9,11H2,1-5H3,(H,20,23). The van der Waals surface area contributed by atoms with Crippen LogP contribution in [0.5, 0.6) is 11.5 Å². The number of hydrogen-bond donors (Lipinski definition) is 1. The molecule has 0 fully saturated rings. The summed E-state index contributed by atoms with van der Waals surface area (Å²) >= 11 is 0. The van der Waals surface area contributed by atoms with Crippen molar-refractivity contribution in [2.45, 2.75) is 39.7 Å². The Morgan fingerprint density at radius 2 is 1.92 bits per heavy atom. The molecule has 0 bridgehead atoms. The van der Waals surface area contributed by atoms with Crippen molar-refractivity contribution in [2.75, 3.05) is 13.2 Å². The summed E-state index contributed by atoms with van der Waals surface area (Å²) < 4.78 is 13.0. The largest absolute Gasteiger partial charge is 0.486 e. The summed E-state index contributed by atoms with van der Waals surface area (Å²) in [6.45, 7) is 8.99. The SMILES string of the molecule is Cc1nn(C)c(C)c1CC(=O)NC(C)(C)c1ccc2c(c1)OCCO2. The van der Waals surface area contributed by atoms with Gasteiger partial charge in [0.1, 0.15) is 13.2 Å². The molecule has 0 radical (unpaired) electrons. The third-order valence-electron chi connectivity index (χ3n) is 4.71. The zero-order chi connectivity index (χ0) is 18.2. The van der Waals surface area contributed by atoms with E-state index in [0.717, 1.165) is 34.0 Å². The fraction of sp³-hybridized carbons (Fsp3) is 0.474. The van der Waals surface area contributed by atoms with E-state index in [9.17, 15) is 4.79 Å². The first-order valence-corrected chi connectivity index (χ1v) is 8.48. The summed E-state index contributed by atoms with van der Waals surface area (Å²) in [5.74, 6) is 1.45. The second-order valence-electron chi connectivity index (χ2n) is 6.98. The molecule has 0 aliphatic carbocycles. The Labute approximate surface area is 148 Å². The van der Waals surface area contributed by atoms with Crippen LogP contribution in [0.15, 0.2) is 18.2 Å². The van der Waals surface area contributed by atoms with Gasteiger partial charge in [-0.15, -0.1) is 0 Å². The second-order valence-corrected chi connectivity index (χ2v) is 6.98. The molecule has 0 saturated carbocycles. The third-order valence-corrected chi connectivity index (χ3v) is 4.71. The molecule has 0 unspecified atom stereocenters. The Hall–Kier alpha value is -2.50. The number of amides is 1. The van der Waals surface area contributed by atoms with E-state index in [-0.39, 0.29) is 5.91 Å². The van der Waals surface area contributed by atoms with Gasteiger partial charge >= 0.3 is 0 Å². The van der Waals surface area contributed by atoms with E-state index < -0.39 is 5.54 Å². The van der Waals surface area contributed by atoms with Crippen LogP contribution in [0.25, 0.3) is 0 Å².